The Labute approximate surface area is 141 Å². The summed E-state index contributed by atoms with van der Waals surface area (Å²) in [5, 5.41) is 8.46. The van der Waals surface area contributed by atoms with E-state index in [1.54, 1.807) is 0 Å². The predicted molar refractivity (Wildman–Crippen MR) is 90.3 cm³/mol. The molecule has 24 heavy (non-hydrogen) atoms. The Bertz CT molecular complexity index is 823. The minimum absolute atomic E-state index is 0.312. The molecule has 0 bridgehead atoms. The third kappa shape index (κ3) is 2.85. The minimum Gasteiger partial charge on any atom is -0.339 e. The molecule has 1 fully saturated rings. The molecule has 3 heterocycles. The summed E-state index contributed by atoms with van der Waals surface area (Å²) in [5.41, 5.74) is 3.50. The van der Waals surface area contributed by atoms with Gasteiger partial charge in [-0.25, -0.2) is 0 Å². The smallest absolute Gasteiger partial charge is 0.231 e. The first kappa shape index (κ1) is 15.1. The van der Waals surface area contributed by atoms with E-state index in [2.05, 4.69) is 27.1 Å². The maximum Gasteiger partial charge on any atom is 0.231 e. The molecule has 0 spiro atoms. The van der Waals surface area contributed by atoms with Gasteiger partial charge in [-0.1, -0.05) is 35.5 Å². The third-order valence-electron chi connectivity index (χ3n) is 4.83. The minimum atomic E-state index is 0.312. The molecule has 0 aliphatic carbocycles. The van der Waals surface area contributed by atoms with Gasteiger partial charge in [-0.3, -0.25) is 9.58 Å². The molecule has 4 rings (SSSR count). The zero-order chi connectivity index (χ0) is 16.5. The quantitative estimate of drug-likeness (QED) is 0.739. The van der Waals surface area contributed by atoms with Crippen LogP contribution in [0.25, 0.3) is 11.4 Å². The van der Waals surface area contributed by atoms with Crippen LogP contribution in [0.2, 0.25) is 0 Å². The van der Waals surface area contributed by atoms with Crippen molar-refractivity contribution in [1.82, 2.24) is 24.8 Å². The van der Waals surface area contributed by atoms with Gasteiger partial charge in [0.2, 0.25) is 11.7 Å². The van der Waals surface area contributed by atoms with Gasteiger partial charge in [-0.2, -0.15) is 10.1 Å². The number of aromatic nitrogens is 4. The van der Waals surface area contributed by atoms with Crippen LogP contribution in [0, 0.1) is 6.92 Å². The number of hydrogen-bond donors (Lipinski definition) is 0. The molecule has 0 radical (unpaired) electrons. The Morgan fingerprint density at radius 1 is 1.25 bits per heavy atom. The molecule has 1 unspecified atom stereocenters. The molecule has 1 aliphatic rings. The third-order valence-corrected chi connectivity index (χ3v) is 4.83. The number of benzene rings is 1. The van der Waals surface area contributed by atoms with Crippen LogP contribution in [0.5, 0.6) is 0 Å². The lowest BCUT2D eigenvalue weighted by Crippen LogP contribution is -2.20. The Morgan fingerprint density at radius 2 is 2.08 bits per heavy atom. The maximum absolute atomic E-state index is 5.53. The van der Waals surface area contributed by atoms with Crippen LogP contribution in [0.3, 0.4) is 0 Å². The Balaban J connectivity index is 1.44. The van der Waals surface area contributed by atoms with Gasteiger partial charge >= 0.3 is 0 Å². The number of nitrogens with zero attached hydrogens (tertiary/aromatic N) is 5. The lowest BCUT2D eigenvalue weighted by atomic mass is 10.1. The van der Waals surface area contributed by atoms with Crippen LogP contribution < -0.4 is 0 Å². The van der Waals surface area contributed by atoms with Crippen molar-refractivity contribution in [1.29, 1.82) is 0 Å². The lowest BCUT2D eigenvalue weighted by Gasteiger charge is -2.14. The Hall–Kier alpha value is -2.47. The van der Waals surface area contributed by atoms with E-state index in [0.717, 1.165) is 37.5 Å². The average molecular weight is 323 g/mol. The van der Waals surface area contributed by atoms with Crippen LogP contribution in [-0.4, -0.2) is 37.9 Å². The first-order valence-electron chi connectivity index (χ1n) is 8.29. The van der Waals surface area contributed by atoms with Crippen LogP contribution >= 0.6 is 0 Å². The van der Waals surface area contributed by atoms with Crippen molar-refractivity contribution in [2.24, 2.45) is 7.05 Å². The van der Waals surface area contributed by atoms with E-state index in [9.17, 15) is 0 Å². The van der Waals surface area contributed by atoms with Crippen molar-refractivity contribution in [3.8, 4) is 11.4 Å². The van der Waals surface area contributed by atoms with Crippen molar-refractivity contribution in [3.63, 3.8) is 0 Å². The highest BCUT2D eigenvalue weighted by Gasteiger charge is 2.29. The van der Waals surface area contributed by atoms with E-state index in [4.69, 9.17) is 4.52 Å². The van der Waals surface area contributed by atoms with Gasteiger partial charge in [-0.05, 0) is 19.9 Å². The molecule has 124 valence electrons. The standard InChI is InChI=1S/C18H21N5O/c1-13-16(10-19-22(13)2)12-23-9-8-15(11-23)18-20-17(21-24-18)14-6-4-3-5-7-14/h3-7,10,15H,8-9,11-12H2,1-2H3. The molecule has 6 heteroatoms. The second-order valence-corrected chi connectivity index (χ2v) is 6.42. The Kier molecular flexibility index (Phi) is 3.90. The molecular weight excluding hydrogens is 302 g/mol. The van der Waals surface area contributed by atoms with Gasteiger partial charge in [-0.15, -0.1) is 0 Å². The van der Waals surface area contributed by atoms with Crippen LogP contribution in [0.1, 0.15) is 29.5 Å². The van der Waals surface area contributed by atoms with Crippen molar-refractivity contribution in [2.75, 3.05) is 13.1 Å². The van der Waals surface area contributed by atoms with Gasteiger partial charge in [0.05, 0.1) is 12.1 Å². The Morgan fingerprint density at radius 3 is 2.83 bits per heavy atom. The average Bonchev–Trinajstić information content (AvgIpc) is 3.33. The highest BCUT2D eigenvalue weighted by molar-refractivity contribution is 5.53. The van der Waals surface area contributed by atoms with Gasteiger partial charge in [0.1, 0.15) is 0 Å². The number of aryl methyl sites for hydroxylation is 1. The zero-order valence-corrected chi connectivity index (χ0v) is 14.0. The molecule has 1 aromatic carbocycles. The summed E-state index contributed by atoms with van der Waals surface area (Å²) >= 11 is 0. The van der Waals surface area contributed by atoms with Crippen molar-refractivity contribution >= 4 is 0 Å². The fraction of sp³-hybridized carbons (Fsp3) is 0.389. The molecule has 3 aromatic rings. The first-order chi connectivity index (χ1) is 11.7. The largest absolute Gasteiger partial charge is 0.339 e. The summed E-state index contributed by atoms with van der Waals surface area (Å²) in [7, 11) is 1.98. The topological polar surface area (TPSA) is 60.0 Å². The van der Waals surface area contributed by atoms with Gasteiger partial charge in [0.15, 0.2) is 0 Å². The van der Waals surface area contributed by atoms with E-state index in [0.29, 0.717) is 11.7 Å². The molecule has 1 aliphatic heterocycles. The van der Waals surface area contributed by atoms with E-state index < -0.39 is 0 Å². The highest BCUT2D eigenvalue weighted by atomic mass is 16.5. The van der Waals surface area contributed by atoms with Crippen LogP contribution in [0.4, 0.5) is 0 Å². The summed E-state index contributed by atoms with van der Waals surface area (Å²) in [6.07, 6.45) is 3.01. The lowest BCUT2D eigenvalue weighted by molar-refractivity contribution is 0.308. The normalized spacial score (nSPS) is 18.3. The molecule has 0 amide bonds. The van der Waals surface area contributed by atoms with E-state index in [1.165, 1.54) is 11.3 Å². The van der Waals surface area contributed by atoms with E-state index in [-0.39, 0.29) is 0 Å². The summed E-state index contributed by atoms with van der Waals surface area (Å²) in [6, 6.07) is 9.96. The first-order valence-corrected chi connectivity index (χ1v) is 8.29. The second-order valence-electron chi connectivity index (χ2n) is 6.42. The summed E-state index contributed by atoms with van der Waals surface area (Å²) in [6.45, 7) is 5.03. The second kappa shape index (κ2) is 6.20. The molecular formula is C18H21N5O. The summed E-state index contributed by atoms with van der Waals surface area (Å²) < 4.78 is 7.45. The molecule has 1 atom stereocenters. The van der Waals surface area contributed by atoms with Crippen molar-refractivity contribution in [2.45, 2.75) is 25.8 Å². The SMILES string of the molecule is Cc1c(CN2CCC(c3nc(-c4ccccc4)no3)C2)cnn1C. The van der Waals surface area contributed by atoms with Crippen molar-refractivity contribution < 1.29 is 4.52 Å². The highest BCUT2D eigenvalue weighted by Crippen LogP contribution is 2.28. The number of hydrogen-bond acceptors (Lipinski definition) is 5. The summed E-state index contributed by atoms with van der Waals surface area (Å²) in [4.78, 5) is 7.04. The van der Waals surface area contributed by atoms with E-state index >= 15 is 0 Å². The molecule has 0 saturated carbocycles. The zero-order valence-electron chi connectivity index (χ0n) is 14.0. The molecule has 0 N–H and O–H groups in total. The summed E-state index contributed by atoms with van der Waals surface area (Å²) in [5.74, 6) is 1.73. The van der Waals surface area contributed by atoms with E-state index in [1.807, 2.05) is 48.3 Å². The monoisotopic (exact) mass is 323 g/mol. The fourth-order valence-electron chi connectivity index (χ4n) is 3.22. The van der Waals surface area contributed by atoms with Crippen molar-refractivity contribution in [3.05, 3.63) is 53.7 Å². The number of rotatable bonds is 4. The van der Waals surface area contributed by atoms with Gasteiger partial charge in [0.25, 0.3) is 0 Å². The molecule has 6 nitrogen and oxygen atoms in total. The molecule has 2 aromatic heterocycles. The van der Waals surface area contributed by atoms with Gasteiger partial charge in [0, 0.05) is 37.0 Å². The van der Waals surface area contributed by atoms with Crippen LogP contribution in [-0.2, 0) is 13.6 Å². The van der Waals surface area contributed by atoms with Gasteiger partial charge < -0.3 is 4.52 Å². The number of likely N-dealkylation sites (tertiary alicyclic amines) is 1. The maximum atomic E-state index is 5.53. The van der Waals surface area contributed by atoms with Crippen LogP contribution in [0.15, 0.2) is 41.1 Å². The predicted octanol–water partition coefficient (Wildman–Crippen LogP) is 2.77. The molecule has 1 saturated heterocycles. The fourth-order valence-corrected chi connectivity index (χ4v) is 3.22.